The molecule has 5 aliphatic heterocycles. The Morgan fingerprint density at radius 1 is 0.750 bits per heavy atom. The number of piperidine rings is 2. The van der Waals surface area contributed by atoms with Gasteiger partial charge in [0.2, 0.25) is 11.8 Å². The zero-order valence-corrected chi connectivity index (χ0v) is 31.0. The van der Waals surface area contributed by atoms with Gasteiger partial charge in [0.05, 0.1) is 23.4 Å². The minimum Gasteiger partial charge on any atom is -0.508 e. The van der Waals surface area contributed by atoms with Crippen molar-refractivity contribution in [3.63, 3.8) is 0 Å². The Bertz CT molecular complexity index is 2200. The van der Waals surface area contributed by atoms with Gasteiger partial charge in [-0.2, -0.15) is 0 Å². The summed E-state index contributed by atoms with van der Waals surface area (Å²) in [5.41, 5.74) is 5.03. The number of nitrogens with one attached hydrogen (secondary N) is 1. The largest absolute Gasteiger partial charge is 0.508 e. The fourth-order valence-electron chi connectivity index (χ4n) is 9.34. The fourth-order valence-corrected chi connectivity index (χ4v) is 9.34. The fraction of sp³-hybridized carbons (Fsp3) is 0.364. The van der Waals surface area contributed by atoms with E-state index in [4.69, 9.17) is 4.74 Å². The number of ether oxygens (including phenoxy) is 1. The summed E-state index contributed by atoms with van der Waals surface area (Å²) < 4.78 is 22.2. The van der Waals surface area contributed by atoms with Crippen molar-refractivity contribution in [3.05, 3.63) is 119 Å². The number of carbonyl (C=O) groups is 4. The summed E-state index contributed by atoms with van der Waals surface area (Å²) in [6, 6.07) is 25.4. The highest BCUT2D eigenvalue weighted by molar-refractivity contribution is 6.23. The summed E-state index contributed by atoms with van der Waals surface area (Å²) in [7, 11) is 0. The van der Waals surface area contributed by atoms with Crippen molar-refractivity contribution in [2.45, 2.75) is 43.6 Å². The summed E-state index contributed by atoms with van der Waals surface area (Å²) in [5.74, 6) is -1.08. The Morgan fingerprint density at radius 2 is 1.52 bits per heavy atom. The molecule has 12 heteroatoms. The van der Waals surface area contributed by atoms with Crippen LogP contribution in [0.2, 0.25) is 0 Å². The molecule has 5 aliphatic rings. The molecule has 9 rings (SSSR count). The van der Waals surface area contributed by atoms with Gasteiger partial charge in [-0.15, -0.1) is 0 Å². The van der Waals surface area contributed by atoms with Gasteiger partial charge >= 0.3 is 0 Å². The molecule has 3 saturated heterocycles. The number of piperazine rings is 1. The van der Waals surface area contributed by atoms with E-state index >= 15 is 4.39 Å². The number of nitrogens with zero attached hydrogens (tertiary/aromatic N) is 4. The molecule has 0 bridgehead atoms. The van der Waals surface area contributed by atoms with Crippen LogP contribution in [0.5, 0.6) is 11.5 Å². The summed E-state index contributed by atoms with van der Waals surface area (Å²) in [5, 5.41) is 12.4. The van der Waals surface area contributed by atoms with E-state index in [0.29, 0.717) is 29.5 Å². The third kappa shape index (κ3) is 6.65. The first-order chi connectivity index (χ1) is 27.2. The van der Waals surface area contributed by atoms with Crippen LogP contribution in [0, 0.1) is 11.7 Å². The van der Waals surface area contributed by atoms with E-state index in [1.807, 2.05) is 36.4 Å². The van der Waals surface area contributed by atoms with Gasteiger partial charge in [0.15, 0.2) is 0 Å². The molecule has 0 radical (unpaired) electrons. The number of hydrogen-bond acceptors (Lipinski definition) is 9. The molecule has 0 aliphatic carbocycles. The molecule has 4 amide bonds. The van der Waals surface area contributed by atoms with Crippen LogP contribution in [0.3, 0.4) is 0 Å². The third-order valence-corrected chi connectivity index (χ3v) is 12.3. The van der Waals surface area contributed by atoms with Crippen molar-refractivity contribution in [2.24, 2.45) is 5.92 Å². The van der Waals surface area contributed by atoms with Crippen LogP contribution in [0.15, 0.2) is 84.9 Å². The lowest BCUT2D eigenvalue weighted by molar-refractivity contribution is -0.136. The normalized spacial score (nSPS) is 23.2. The minimum atomic E-state index is -0.981. The summed E-state index contributed by atoms with van der Waals surface area (Å²) >= 11 is 0. The molecular weight excluding hydrogens is 714 g/mol. The SMILES string of the molecule is O=C1CCC(N2C(=O)c3ccc(N4CCN(CC5CCN(c6ccc([C@H]7c8ccc(O)cc8OC[C@H]7c7ccccc7)cc6F)CC5)CC4)cc3C2=O)C(=O)N1. The number of fused-ring (bicyclic) bond motifs is 2. The first-order valence-electron chi connectivity index (χ1n) is 19.6. The first-order valence-corrected chi connectivity index (χ1v) is 19.6. The number of imide groups is 2. The van der Waals surface area contributed by atoms with Crippen molar-refractivity contribution in [3.8, 4) is 11.5 Å². The number of carbonyl (C=O) groups excluding carboxylic acids is 4. The number of halogens is 1. The number of anilines is 2. The summed E-state index contributed by atoms with van der Waals surface area (Å²) in [4.78, 5) is 58.4. The van der Waals surface area contributed by atoms with E-state index in [9.17, 15) is 24.3 Å². The van der Waals surface area contributed by atoms with E-state index < -0.39 is 29.7 Å². The first kappa shape index (κ1) is 35.9. The molecule has 288 valence electrons. The Balaban J connectivity index is 0.802. The van der Waals surface area contributed by atoms with Crippen molar-refractivity contribution in [2.75, 3.05) is 62.2 Å². The zero-order valence-electron chi connectivity index (χ0n) is 31.0. The zero-order chi connectivity index (χ0) is 38.5. The number of benzene rings is 4. The molecule has 5 heterocycles. The van der Waals surface area contributed by atoms with Crippen molar-refractivity contribution in [1.82, 2.24) is 15.1 Å². The average molecular weight is 758 g/mol. The van der Waals surface area contributed by atoms with Gasteiger partial charge in [0.1, 0.15) is 23.4 Å². The van der Waals surface area contributed by atoms with E-state index in [2.05, 4.69) is 38.2 Å². The summed E-state index contributed by atoms with van der Waals surface area (Å²) in [6.07, 6.45) is 2.16. The van der Waals surface area contributed by atoms with Crippen LogP contribution < -0.4 is 19.9 Å². The number of hydrogen-bond donors (Lipinski definition) is 2. The van der Waals surface area contributed by atoms with E-state index in [0.717, 1.165) is 85.9 Å². The second kappa shape index (κ2) is 14.7. The Morgan fingerprint density at radius 3 is 2.27 bits per heavy atom. The highest BCUT2D eigenvalue weighted by Gasteiger charge is 2.45. The molecule has 0 aromatic heterocycles. The lowest BCUT2D eigenvalue weighted by Gasteiger charge is -2.40. The topological polar surface area (TPSA) is 123 Å². The number of aromatic hydroxyl groups is 1. The monoisotopic (exact) mass is 757 g/mol. The number of amides is 4. The van der Waals surface area contributed by atoms with E-state index in [-0.39, 0.29) is 41.8 Å². The second-order valence-electron chi connectivity index (χ2n) is 15.6. The van der Waals surface area contributed by atoms with Crippen LogP contribution >= 0.6 is 0 Å². The number of phenols is 1. The van der Waals surface area contributed by atoms with Crippen LogP contribution in [0.1, 0.15) is 74.9 Å². The molecule has 2 N–H and O–H groups in total. The second-order valence-corrected chi connectivity index (χ2v) is 15.6. The number of rotatable bonds is 7. The van der Waals surface area contributed by atoms with Crippen molar-refractivity contribution in [1.29, 1.82) is 0 Å². The van der Waals surface area contributed by atoms with Crippen LogP contribution in [0.25, 0.3) is 0 Å². The average Bonchev–Trinajstić information content (AvgIpc) is 3.46. The molecule has 4 aromatic rings. The minimum absolute atomic E-state index is 0.00259. The maximum absolute atomic E-state index is 16.1. The quantitative estimate of drug-likeness (QED) is 0.243. The van der Waals surface area contributed by atoms with Crippen molar-refractivity contribution < 1.29 is 33.4 Å². The Kier molecular flexibility index (Phi) is 9.44. The van der Waals surface area contributed by atoms with Crippen LogP contribution in [-0.4, -0.2) is 97.0 Å². The molecule has 0 saturated carbocycles. The maximum atomic E-state index is 16.1. The molecule has 0 spiro atoms. The Hall–Kier alpha value is -5.75. The highest BCUT2D eigenvalue weighted by Crippen LogP contribution is 2.47. The predicted octanol–water partition coefficient (Wildman–Crippen LogP) is 5.28. The van der Waals surface area contributed by atoms with E-state index in [1.54, 1.807) is 30.3 Å². The molecule has 3 atom stereocenters. The third-order valence-electron chi connectivity index (χ3n) is 12.3. The molecule has 56 heavy (non-hydrogen) atoms. The molecule has 4 aromatic carbocycles. The smallest absolute Gasteiger partial charge is 0.262 e. The maximum Gasteiger partial charge on any atom is 0.262 e. The van der Waals surface area contributed by atoms with Gasteiger partial charge in [-0.05, 0) is 72.7 Å². The lowest BCUT2D eigenvalue weighted by atomic mass is 9.76. The van der Waals surface area contributed by atoms with Gasteiger partial charge in [0, 0.05) is 81.4 Å². The number of phenolic OH excluding ortho intramolecular Hbond substituents is 1. The predicted molar refractivity (Wildman–Crippen MR) is 208 cm³/mol. The lowest BCUT2D eigenvalue weighted by Crippen LogP contribution is -2.54. The highest BCUT2D eigenvalue weighted by atomic mass is 19.1. The molecule has 3 fully saturated rings. The standard InChI is InChI=1S/C44H44FN5O6/c45-36-22-29(41-33-10-8-31(51)24-39(33)56-26-35(41)28-4-2-1-3-5-28)6-11-37(36)49-16-14-27(15-17-49)25-47-18-20-48(21-19-47)30-7-9-32-34(23-30)44(55)50(43(32)54)38-12-13-40(52)46-42(38)53/h1-11,22-24,27,35,38,41,51H,12-21,25-26H2,(H,46,52,53)/t35-,38?,41-/m0/s1. The van der Waals surface area contributed by atoms with Gasteiger partial charge in [-0.25, -0.2) is 4.39 Å². The Labute approximate surface area is 324 Å². The van der Waals surface area contributed by atoms with Gasteiger partial charge in [-0.3, -0.25) is 34.3 Å². The molecular formula is C44H44FN5O6. The molecule has 11 nitrogen and oxygen atoms in total. The van der Waals surface area contributed by atoms with Gasteiger partial charge in [-0.1, -0.05) is 42.5 Å². The van der Waals surface area contributed by atoms with Gasteiger partial charge in [0.25, 0.3) is 11.8 Å². The van der Waals surface area contributed by atoms with E-state index in [1.165, 1.54) is 0 Å². The summed E-state index contributed by atoms with van der Waals surface area (Å²) in [6.45, 7) is 6.25. The van der Waals surface area contributed by atoms with Crippen molar-refractivity contribution >= 4 is 35.0 Å². The van der Waals surface area contributed by atoms with Gasteiger partial charge < -0.3 is 19.6 Å². The van der Waals surface area contributed by atoms with Crippen LogP contribution in [-0.2, 0) is 9.59 Å². The molecule has 1 unspecified atom stereocenters. The van der Waals surface area contributed by atoms with Crippen LogP contribution in [0.4, 0.5) is 15.8 Å².